The van der Waals surface area contributed by atoms with Crippen molar-refractivity contribution in [3.8, 4) is 5.69 Å². The van der Waals surface area contributed by atoms with Crippen molar-refractivity contribution in [3.63, 3.8) is 0 Å². The zero-order valence-corrected chi connectivity index (χ0v) is 19.9. The molecule has 0 aliphatic carbocycles. The van der Waals surface area contributed by atoms with Crippen LogP contribution >= 0.6 is 0 Å². The summed E-state index contributed by atoms with van der Waals surface area (Å²) in [6.07, 6.45) is 6.07. The highest BCUT2D eigenvalue weighted by Gasteiger charge is 2.23. The molecule has 1 aliphatic rings. The van der Waals surface area contributed by atoms with Gasteiger partial charge in [-0.05, 0) is 71.8 Å². The Bertz CT molecular complexity index is 1160. The Balaban J connectivity index is 1.48. The molecule has 33 heavy (non-hydrogen) atoms. The van der Waals surface area contributed by atoms with Crippen molar-refractivity contribution in [2.45, 2.75) is 58.9 Å². The van der Waals surface area contributed by atoms with Crippen LogP contribution in [0.4, 0.5) is 0 Å². The van der Waals surface area contributed by atoms with Crippen LogP contribution in [-0.4, -0.2) is 56.5 Å². The van der Waals surface area contributed by atoms with Gasteiger partial charge in [0.25, 0.3) is 5.56 Å². The Morgan fingerprint density at radius 2 is 1.76 bits per heavy atom. The highest BCUT2D eigenvalue weighted by molar-refractivity contribution is 5.84. The first-order valence-electron chi connectivity index (χ1n) is 12.0. The van der Waals surface area contributed by atoms with E-state index in [4.69, 9.17) is 0 Å². The third-order valence-electron chi connectivity index (χ3n) is 6.53. The van der Waals surface area contributed by atoms with Crippen LogP contribution in [0, 0.1) is 13.8 Å². The van der Waals surface area contributed by atoms with Gasteiger partial charge in [-0.2, -0.15) is 10.2 Å². The number of benzene rings is 1. The molecule has 1 aromatic carbocycles. The van der Waals surface area contributed by atoms with Gasteiger partial charge in [-0.3, -0.25) is 9.59 Å². The second-order valence-corrected chi connectivity index (χ2v) is 8.97. The van der Waals surface area contributed by atoms with Crippen LogP contribution in [0.25, 0.3) is 16.6 Å². The Morgan fingerprint density at radius 3 is 2.45 bits per heavy atom. The van der Waals surface area contributed by atoms with Crippen LogP contribution in [0.2, 0.25) is 0 Å². The summed E-state index contributed by atoms with van der Waals surface area (Å²) >= 11 is 0. The summed E-state index contributed by atoms with van der Waals surface area (Å²) in [4.78, 5) is 28.6. The lowest BCUT2D eigenvalue weighted by atomic mass is 10.2. The molecule has 8 heteroatoms. The summed E-state index contributed by atoms with van der Waals surface area (Å²) < 4.78 is 3.06. The largest absolute Gasteiger partial charge is 0.354 e. The van der Waals surface area contributed by atoms with Crippen molar-refractivity contribution in [1.82, 2.24) is 29.8 Å². The molecule has 3 aromatic rings. The second kappa shape index (κ2) is 10.3. The van der Waals surface area contributed by atoms with E-state index in [0.717, 1.165) is 37.4 Å². The number of nitrogens with one attached hydrogen (secondary N) is 1. The van der Waals surface area contributed by atoms with E-state index in [1.54, 1.807) is 11.6 Å². The number of rotatable bonds is 7. The molecule has 2 aromatic heterocycles. The van der Waals surface area contributed by atoms with Gasteiger partial charge in [0.1, 0.15) is 11.6 Å². The quantitative estimate of drug-likeness (QED) is 0.559. The maximum absolute atomic E-state index is 13.3. The van der Waals surface area contributed by atoms with E-state index < -0.39 is 6.04 Å². The van der Waals surface area contributed by atoms with E-state index in [2.05, 4.69) is 20.4 Å². The lowest BCUT2D eigenvalue weighted by molar-refractivity contribution is -0.124. The maximum atomic E-state index is 13.3. The number of nitrogens with zero attached hydrogens (tertiary/aromatic N) is 5. The number of carbonyl (C=O) groups excluding carboxylic acids is 1. The first-order valence-corrected chi connectivity index (χ1v) is 12.0. The average Bonchev–Trinajstić information content (AvgIpc) is 2.99. The summed E-state index contributed by atoms with van der Waals surface area (Å²) in [7, 11) is 0. The summed E-state index contributed by atoms with van der Waals surface area (Å²) in [5, 5.41) is 12.6. The van der Waals surface area contributed by atoms with Gasteiger partial charge in [0.15, 0.2) is 0 Å². The van der Waals surface area contributed by atoms with Crippen molar-refractivity contribution in [2.24, 2.45) is 0 Å². The van der Waals surface area contributed by atoms with Crippen molar-refractivity contribution in [2.75, 3.05) is 26.2 Å². The minimum Gasteiger partial charge on any atom is -0.354 e. The molecule has 0 unspecified atom stereocenters. The predicted molar refractivity (Wildman–Crippen MR) is 130 cm³/mol. The number of aromatic nitrogens is 4. The van der Waals surface area contributed by atoms with Crippen LogP contribution in [0.1, 0.15) is 56.5 Å². The van der Waals surface area contributed by atoms with Crippen LogP contribution in [0.5, 0.6) is 0 Å². The van der Waals surface area contributed by atoms with E-state index in [1.807, 2.05) is 44.2 Å². The Morgan fingerprint density at radius 1 is 1.06 bits per heavy atom. The minimum absolute atomic E-state index is 0.188. The van der Waals surface area contributed by atoms with Crippen molar-refractivity contribution in [3.05, 3.63) is 52.1 Å². The lowest BCUT2D eigenvalue weighted by Gasteiger charge is -2.20. The molecule has 176 valence electrons. The summed E-state index contributed by atoms with van der Waals surface area (Å²) in [5.74, 6) is -0.188. The highest BCUT2D eigenvalue weighted by Crippen LogP contribution is 2.20. The van der Waals surface area contributed by atoms with Gasteiger partial charge in [-0.15, -0.1) is 0 Å². The molecule has 0 radical (unpaired) electrons. The summed E-state index contributed by atoms with van der Waals surface area (Å²) in [6, 6.07) is 9.01. The van der Waals surface area contributed by atoms with Crippen molar-refractivity contribution >= 4 is 16.8 Å². The normalized spacial score (nSPS) is 16.0. The van der Waals surface area contributed by atoms with Crippen LogP contribution < -0.4 is 10.9 Å². The third kappa shape index (κ3) is 5.00. The predicted octanol–water partition coefficient (Wildman–Crippen LogP) is 3.14. The van der Waals surface area contributed by atoms with Gasteiger partial charge in [0.05, 0.1) is 22.5 Å². The Hall–Kier alpha value is -3.00. The molecular weight excluding hydrogens is 416 g/mol. The van der Waals surface area contributed by atoms with E-state index in [0.29, 0.717) is 23.1 Å². The molecule has 1 saturated heterocycles. The average molecular weight is 451 g/mol. The second-order valence-electron chi connectivity index (χ2n) is 8.97. The third-order valence-corrected chi connectivity index (χ3v) is 6.53. The highest BCUT2D eigenvalue weighted by atomic mass is 16.2. The van der Waals surface area contributed by atoms with E-state index >= 15 is 0 Å². The first-order chi connectivity index (χ1) is 16.0. The lowest BCUT2D eigenvalue weighted by Crippen LogP contribution is -2.38. The molecular formula is C25H34N6O2. The fourth-order valence-electron chi connectivity index (χ4n) is 4.60. The SMILES string of the molecule is Cc1nn([C@@H](C)C(=O)NCCCN2CCCCCC2)c(=O)c2c(C)n(-c3ccccc3)nc12. The molecule has 1 aliphatic heterocycles. The number of hydrogen-bond donors (Lipinski definition) is 1. The molecule has 0 bridgehead atoms. The van der Waals surface area contributed by atoms with Gasteiger partial charge >= 0.3 is 0 Å². The van der Waals surface area contributed by atoms with Crippen LogP contribution in [-0.2, 0) is 4.79 Å². The molecule has 0 saturated carbocycles. The fraction of sp³-hybridized carbons (Fsp3) is 0.520. The van der Waals surface area contributed by atoms with Crippen molar-refractivity contribution in [1.29, 1.82) is 0 Å². The van der Waals surface area contributed by atoms with Gasteiger partial charge < -0.3 is 10.2 Å². The minimum atomic E-state index is -0.696. The Kier molecular flexibility index (Phi) is 7.23. The van der Waals surface area contributed by atoms with Gasteiger partial charge in [-0.1, -0.05) is 31.0 Å². The zero-order chi connectivity index (χ0) is 23.4. The topological polar surface area (TPSA) is 85.0 Å². The van der Waals surface area contributed by atoms with Gasteiger partial charge in [-0.25, -0.2) is 9.36 Å². The van der Waals surface area contributed by atoms with E-state index in [9.17, 15) is 9.59 Å². The van der Waals surface area contributed by atoms with Crippen LogP contribution in [0.3, 0.4) is 0 Å². The number of carbonyl (C=O) groups is 1. The van der Waals surface area contributed by atoms with Crippen molar-refractivity contribution < 1.29 is 4.79 Å². The fourth-order valence-corrected chi connectivity index (χ4v) is 4.60. The standard InChI is InChI=1S/C25H34N6O2/c1-18-23-22(19(2)30(28-23)21-12-7-6-8-13-21)25(33)31(27-18)20(3)24(32)26-14-11-17-29-15-9-4-5-10-16-29/h6-8,12-13,20H,4-5,9-11,14-17H2,1-3H3,(H,26,32)/t20-/m0/s1. The molecule has 1 fully saturated rings. The molecule has 0 spiro atoms. The zero-order valence-electron chi connectivity index (χ0n) is 19.9. The summed E-state index contributed by atoms with van der Waals surface area (Å²) in [6.45, 7) is 9.32. The van der Waals surface area contributed by atoms with Crippen LogP contribution in [0.15, 0.2) is 35.1 Å². The smallest absolute Gasteiger partial charge is 0.278 e. The number of aryl methyl sites for hydroxylation is 2. The molecule has 8 nitrogen and oxygen atoms in total. The van der Waals surface area contributed by atoms with E-state index in [1.165, 1.54) is 30.4 Å². The van der Waals surface area contributed by atoms with E-state index in [-0.39, 0.29) is 11.5 Å². The first kappa shape index (κ1) is 23.2. The Labute approximate surface area is 194 Å². The molecule has 1 amide bonds. The number of likely N-dealkylation sites (tertiary alicyclic amines) is 1. The monoisotopic (exact) mass is 450 g/mol. The maximum Gasteiger partial charge on any atom is 0.278 e. The van der Waals surface area contributed by atoms with Gasteiger partial charge in [0, 0.05) is 6.54 Å². The molecule has 3 heterocycles. The summed E-state index contributed by atoms with van der Waals surface area (Å²) in [5.41, 5.74) is 2.53. The number of para-hydroxylation sites is 1. The number of hydrogen-bond acceptors (Lipinski definition) is 5. The van der Waals surface area contributed by atoms with Gasteiger partial charge in [0.2, 0.25) is 5.91 Å². The number of amides is 1. The molecule has 1 N–H and O–H groups in total. The number of fused-ring (bicyclic) bond motifs is 1. The molecule has 1 atom stereocenters. The molecule has 4 rings (SSSR count).